The van der Waals surface area contributed by atoms with Crippen molar-refractivity contribution in [1.29, 1.82) is 0 Å². The van der Waals surface area contributed by atoms with Crippen molar-refractivity contribution in [2.24, 2.45) is 5.10 Å². The van der Waals surface area contributed by atoms with Gasteiger partial charge in [-0.15, -0.1) is 10.2 Å². The van der Waals surface area contributed by atoms with Crippen molar-refractivity contribution in [3.8, 4) is 17.1 Å². The summed E-state index contributed by atoms with van der Waals surface area (Å²) in [7, 11) is 0. The lowest BCUT2D eigenvalue weighted by atomic mass is 10.1. The Balaban J connectivity index is 1.85. The zero-order chi connectivity index (χ0) is 16.7. The summed E-state index contributed by atoms with van der Waals surface area (Å²) in [6.07, 6.45) is 0. The fraction of sp³-hybridized carbons (Fsp3) is 0.118. The van der Waals surface area contributed by atoms with Gasteiger partial charge in [-0.05, 0) is 43.3 Å². The first-order valence-corrected chi connectivity index (χ1v) is 8.26. The molecule has 0 bridgehead atoms. The van der Waals surface area contributed by atoms with E-state index in [0.29, 0.717) is 16.5 Å². The van der Waals surface area contributed by atoms with Gasteiger partial charge in [-0.2, -0.15) is 9.78 Å². The third-order valence-corrected chi connectivity index (χ3v) is 4.81. The van der Waals surface area contributed by atoms with E-state index in [1.54, 1.807) is 28.9 Å². The van der Waals surface area contributed by atoms with E-state index < -0.39 is 0 Å². The molecule has 0 spiro atoms. The number of para-hydroxylation sites is 1. The molecule has 120 valence electrons. The average molecular weight is 340 g/mol. The van der Waals surface area contributed by atoms with E-state index >= 15 is 0 Å². The van der Waals surface area contributed by atoms with Crippen molar-refractivity contribution in [1.82, 2.24) is 14.9 Å². The Hall–Kier alpha value is -2.67. The molecule has 0 radical (unpaired) electrons. The molecule has 3 aromatic rings. The van der Waals surface area contributed by atoms with Crippen LogP contribution in [-0.2, 0) is 0 Å². The Morgan fingerprint density at radius 2 is 1.83 bits per heavy atom. The molecule has 1 atom stereocenters. The lowest BCUT2D eigenvalue weighted by molar-refractivity contribution is 0.474. The number of phenols is 1. The highest BCUT2D eigenvalue weighted by molar-refractivity contribution is 8.00. The smallest absolute Gasteiger partial charge is 0.213 e. The normalized spacial score (nSPS) is 16.6. The van der Waals surface area contributed by atoms with Crippen molar-refractivity contribution < 1.29 is 9.50 Å². The lowest BCUT2D eigenvalue weighted by Gasteiger charge is -2.20. The van der Waals surface area contributed by atoms with Gasteiger partial charge in [0.15, 0.2) is 5.82 Å². The number of fused-ring (bicyclic) bond motifs is 1. The predicted octanol–water partition coefficient (Wildman–Crippen LogP) is 3.54. The third-order valence-electron chi connectivity index (χ3n) is 3.77. The summed E-state index contributed by atoms with van der Waals surface area (Å²) in [6, 6.07) is 13.1. The van der Waals surface area contributed by atoms with Crippen LogP contribution in [0.25, 0.3) is 11.4 Å². The van der Waals surface area contributed by atoms with Crippen molar-refractivity contribution >= 4 is 17.5 Å². The van der Waals surface area contributed by atoms with Crippen LogP contribution in [0.3, 0.4) is 0 Å². The first-order valence-electron chi connectivity index (χ1n) is 7.39. The Morgan fingerprint density at radius 3 is 2.58 bits per heavy atom. The monoisotopic (exact) mass is 340 g/mol. The van der Waals surface area contributed by atoms with E-state index in [1.807, 2.05) is 19.1 Å². The summed E-state index contributed by atoms with van der Waals surface area (Å²) < 4.78 is 14.8. The molecule has 4 rings (SSSR count). The zero-order valence-electron chi connectivity index (χ0n) is 12.7. The topological polar surface area (TPSA) is 63.3 Å². The first-order chi connectivity index (χ1) is 11.6. The van der Waals surface area contributed by atoms with Crippen LogP contribution in [0.15, 0.2) is 58.8 Å². The average Bonchev–Trinajstić information content (AvgIpc) is 2.98. The van der Waals surface area contributed by atoms with Crippen LogP contribution in [0.5, 0.6) is 5.75 Å². The molecule has 0 aliphatic carbocycles. The Kier molecular flexibility index (Phi) is 3.57. The third kappa shape index (κ3) is 2.46. The summed E-state index contributed by atoms with van der Waals surface area (Å²) in [4.78, 5) is 0. The summed E-state index contributed by atoms with van der Waals surface area (Å²) in [5.41, 5.74) is 2.15. The van der Waals surface area contributed by atoms with Crippen LogP contribution in [-0.4, -0.2) is 30.9 Å². The van der Waals surface area contributed by atoms with Gasteiger partial charge in [0.05, 0.1) is 11.0 Å². The van der Waals surface area contributed by atoms with Gasteiger partial charge in [0.2, 0.25) is 5.16 Å². The molecule has 0 fully saturated rings. The Morgan fingerprint density at radius 1 is 1.08 bits per heavy atom. The lowest BCUT2D eigenvalue weighted by Crippen LogP contribution is -2.21. The van der Waals surface area contributed by atoms with E-state index in [2.05, 4.69) is 15.3 Å². The zero-order valence-corrected chi connectivity index (χ0v) is 13.5. The van der Waals surface area contributed by atoms with E-state index in [4.69, 9.17) is 0 Å². The largest absolute Gasteiger partial charge is 0.507 e. The maximum Gasteiger partial charge on any atom is 0.213 e. The van der Waals surface area contributed by atoms with Crippen LogP contribution >= 0.6 is 11.8 Å². The molecule has 0 amide bonds. The van der Waals surface area contributed by atoms with Crippen LogP contribution in [0.4, 0.5) is 4.39 Å². The quantitative estimate of drug-likeness (QED) is 0.775. The Bertz CT molecular complexity index is 936. The van der Waals surface area contributed by atoms with Crippen molar-refractivity contribution in [2.75, 3.05) is 0 Å². The fourth-order valence-electron chi connectivity index (χ4n) is 2.57. The second-order valence-corrected chi connectivity index (χ2v) is 6.70. The first kappa shape index (κ1) is 14.9. The molecule has 1 aliphatic heterocycles. The minimum atomic E-state index is -0.307. The van der Waals surface area contributed by atoms with Gasteiger partial charge < -0.3 is 5.11 Å². The number of nitrogens with zero attached hydrogens (tertiary/aromatic N) is 4. The fourth-order valence-corrected chi connectivity index (χ4v) is 3.49. The van der Waals surface area contributed by atoms with E-state index in [1.165, 1.54) is 23.9 Å². The molecule has 1 aliphatic rings. The van der Waals surface area contributed by atoms with Crippen molar-refractivity contribution in [3.63, 3.8) is 0 Å². The highest BCUT2D eigenvalue weighted by Crippen LogP contribution is 2.34. The molecular formula is C17H13FN4OS. The molecular weight excluding hydrogens is 327 g/mol. The van der Waals surface area contributed by atoms with Gasteiger partial charge in [0.1, 0.15) is 11.6 Å². The number of rotatable bonds is 2. The molecule has 0 unspecified atom stereocenters. The predicted molar refractivity (Wildman–Crippen MR) is 90.8 cm³/mol. The molecule has 0 saturated carbocycles. The summed E-state index contributed by atoms with van der Waals surface area (Å²) in [5, 5.41) is 23.8. The second kappa shape index (κ2) is 5.76. The number of aromatic nitrogens is 3. The Labute approximate surface area is 141 Å². The highest BCUT2D eigenvalue weighted by atomic mass is 32.2. The maximum absolute atomic E-state index is 13.1. The van der Waals surface area contributed by atoms with E-state index in [0.717, 1.165) is 11.3 Å². The van der Waals surface area contributed by atoms with Gasteiger partial charge in [-0.25, -0.2) is 4.39 Å². The number of hydrogen-bond donors (Lipinski definition) is 1. The maximum atomic E-state index is 13.1. The summed E-state index contributed by atoms with van der Waals surface area (Å²) in [6.45, 7) is 2.01. The van der Waals surface area contributed by atoms with Crippen molar-refractivity contribution in [2.45, 2.75) is 17.3 Å². The minimum Gasteiger partial charge on any atom is -0.507 e. The van der Waals surface area contributed by atoms with Gasteiger partial charge >= 0.3 is 0 Å². The molecule has 5 nitrogen and oxygen atoms in total. The van der Waals surface area contributed by atoms with Gasteiger partial charge in [0, 0.05) is 11.1 Å². The molecule has 2 aromatic carbocycles. The highest BCUT2D eigenvalue weighted by Gasteiger charge is 2.27. The minimum absolute atomic E-state index is 0.0241. The SMILES string of the molecule is C[C@H]1Sc2nnc(-c3ccc(F)cc3)n2N=C1c1ccccc1O. The molecule has 7 heteroatoms. The number of hydrogen-bond acceptors (Lipinski definition) is 5. The molecule has 24 heavy (non-hydrogen) atoms. The number of aromatic hydroxyl groups is 1. The standard InChI is InChI=1S/C17H13FN4OS/c1-10-15(13-4-2-3-5-14(13)23)21-22-16(19-20-17(22)24-10)11-6-8-12(18)9-7-11/h2-10,23H,1H3/t10-/m1/s1. The summed E-state index contributed by atoms with van der Waals surface area (Å²) in [5.74, 6) is 0.416. The molecule has 1 N–H and O–H groups in total. The van der Waals surface area contributed by atoms with Crippen LogP contribution in [0.2, 0.25) is 0 Å². The number of phenolic OH excluding ortho intramolecular Hbond substituents is 1. The molecule has 0 saturated heterocycles. The molecule has 1 aromatic heterocycles. The van der Waals surface area contributed by atoms with Crippen LogP contribution in [0, 0.1) is 5.82 Å². The van der Waals surface area contributed by atoms with Crippen molar-refractivity contribution in [3.05, 3.63) is 59.9 Å². The summed E-state index contributed by atoms with van der Waals surface area (Å²) >= 11 is 1.52. The number of halogens is 1. The van der Waals surface area contributed by atoms with Crippen LogP contribution < -0.4 is 0 Å². The van der Waals surface area contributed by atoms with E-state index in [-0.39, 0.29) is 16.8 Å². The number of benzene rings is 2. The second-order valence-electron chi connectivity index (χ2n) is 5.39. The number of thioether (sulfide) groups is 1. The van der Waals surface area contributed by atoms with E-state index in [9.17, 15) is 9.50 Å². The van der Waals surface area contributed by atoms with Gasteiger partial charge in [0.25, 0.3) is 0 Å². The van der Waals surface area contributed by atoms with Gasteiger partial charge in [-0.3, -0.25) is 0 Å². The molecule has 2 heterocycles. The van der Waals surface area contributed by atoms with Crippen LogP contribution in [0.1, 0.15) is 12.5 Å². The van der Waals surface area contributed by atoms with Gasteiger partial charge in [-0.1, -0.05) is 23.9 Å².